The largest absolute Gasteiger partial charge is 0.348 e. The minimum absolute atomic E-state index is 0.0267. The summed E-state index contributed by atoms with van der Waals surface area (Å²) in [6.45, 7) is 7.56. The van der Waals surface area contributed by atoms with E-state index >= 15 is 0 Å². The molecule has 3 heterocycles. The first kappa shape index (κ1) is 17.9. The first-order valence-corrected chi connectivity index (χ1v) is 9.18. The van der Waals surface area contributed by atoms with Crippen molar-refractivity contribution in [2.45, 2.75) is 45.2 Å². The molecule has 1 aromatic rings. The van der Waals surface area contributed by atoms with Gasteiger partial charge >= 0.3 is 0 Å². The molecule has 2 saturated heterocycles. The van der Waals surface area contributed by atoms with Crippen LogP contribution in [0.4, 0.5) is 0 Å². The summed E-state index contributed by atoms with van der Waals surface area (Å²) in [7, 11) is 0. The lowest BCUT2D eigenvalue weighted by atomic mass is 9.87. The number of pyridine rings is 1. The maximum Gasteiger partial charge on any atom is 0.225 e. The van der Waals surface area contributed by atoms with Crippen molar-refractivity contribution in [1.29, 1.82) is 0 Å². The van der Waals surface area contributed by atoms with E-state index in [1.807, 2.05) is 31.0 Å². The second-order valence-electron chi connectivity index (χ2n) is 7.67. The third-order valence-corrected chi connectivity index (χ3v) is 5.10. The molecule has 25 heavy (non-hydrogen) atoms. The van der Waals surface area contributed by atoms with Crippen LogP contribution in [0.3, 0.4) is 0 Å². The average Bonchev–Trinajstić information content (AvgIpc) is 2.74. The Morgan fingerprint density at radius 3 is 2.88 bits per heavy atom. The molecule has 2 aliphatic rings. The fourth-order valence-corrected chi connectivity index (χ4v) is 3.95. The van der Waals surface area contributed by atoms with E-state index in [0.29, 0.717) is 19.5 Å². The van der Waals surface area contributed by atoms with Crippen molar-refractivity contribution in [3.8, 4) is 0 Å². The van der Waals surface area contributed by atoms with Crippen LogP contribution >= 0.6 is 0 Å². The van der Waals surface area contributed by atoms with Crippen molar-refractivity contribution >= 4 is 11.8 Å². The fraction of sp³-hybridized carbons (Fsp3) is 0.632. The Balaban J connectivity index is 1.80. The Morgan fingerprint density at radius 1 is 1.36 bits per heavy atom. The predicted molar refractivity (Wildman–Crippen MR) is 95.7 cm³/mol. The number of hydrogen-bond donors (Lipinski definition) is 1. The number of nitrogens with one attached hydrogen (secondary N) is 1. The van der Waals surface area contributed by atoms with Gasteiger partial charge in [-0.05, 0) is 24.5 Å². The van der Waals surface area contributed by atoms with Crippen molar-refractivity contribution < 1.29 is 9.59 Å². The molecule has 6 nitrogen and oxygen atoms in total. The quantitative estimate of drug-likeness (QED) is 0.901. The van der Waals surface area contributed by atoms with E-state index < -0.39 is 0 Å². The minimum atomic E-state index is -0.335. The summed E-state index contributed by atoms with van der Waals surface area (Å²) in [5.74, 6) is 0.245. The lowest BCUT2D eigenvalue weighted by Gasteiger charge is -2.41. The SMILES string of the molecule is CC(C)C(=O)N1CCN(Cc2cccnc2)CC2(CCCC(=O)N2)C1. The molecule has 0 aromatic carbocycles. The molecule has 6 heteroatoms. The molecule has 2 amide bonds. The number of amides is 2. The van der Waals surface area contributed by atoms with Crippen LogP contribution in [-0.2, 0) is 16.1 Å². The van der Waals surface area contributed by atoms with E-state index in [0.717, 1.165) is 38.0 Å². The van der Waals surface area contributed by atoms with Gasteiger partial charge in [0.25, 0.3) is 0 Å². The van der Waals surface area contributed by atoms with Crippen molar-refractivity contribution in [3.63, 3.8) is 0 Å². The van der Waals surface area contributed by atoms with E-state index in [4.69, 9.17) is 0 Å². The Labute approximate surface area is 149 Å². The fourth-order valence-electron chi connectivity index (χ4n) is 3.95. The first-order chi connectivity index (χ1) is 12.0. The molecule has 0 saturated carbocycles. The molecule has 3 rings (SSSR count). The third-order valence-electron chi connectivity index (χ3n) is 5.10. The lowest BCUT2D eigenvalue weighted by Crippen LogP contribution is -2.61. The van der Waals surface area contributed by atoms with Gasteiger partial charge in [0.1, 0.15) is 0 Å². The van der Waals surface area contributed by atoms with Gasteiger partial charge in [0, 0.05) is 57.5 Å². The highest BCUT2D eigenvalue weighted by Crippen LogP contribution is 2.26. The standard InChI is InChI=1S/C19H28N4O2/c1-15(2)18(25)23-10-9-22(12-16-5-4-8-20-11-16)13-19(14-23)7-3-6-17(24)21-19/h4-5,8,11,15H,3,6-7,9-10,12-14H2,1-2H3,(H,21,24). The van der Waals surface area contributed by atoms with Crippen LogP contribution in [0.25, 0.3) is 0 Å². The molecule has 0 radical (unpaired) electrons. The summed E-state index contributed by atoms with van der Waals surface area (Å²) < 4.78 is 0. The van der Waals surface area contributed by atoms with Gasteiger partial charge < -0.3 is 10.2 Å². The topological polar surface area (TPSA) is 65.5 Å². The lowest BCUT2D eigenvalue weighted by molar-refractivity contribution is -0.136. The van der Waals surface area contributed by atoms with E-state index in [1.54, 1.807) is 6.20 Å². The van der Waals surface area contributed by atoms with E-state index in [9.17, 15) is 9.59 Å². The highest BCUT2D eigenvalue weighted by molar-refractivity contribution is 5.79. The second kappa shape index (κ2) is 7.52. The highest BCUT2D eigenvalue weighted by Gasteiger charge is 2.41. The third kappa shape index (κ3) is 4.37. The number of piperidine rings is 1. The van der Waals surface area contributed by atoms with Gasteiger partial charge in [-0.3, -0.25) is 19.5 Å². The van der Waals surface area contributed by atoms with E-state index in [-0.39, 0.29) is 23.3 Å². The summed E-state index contributed by atoms with van der Waals surface area (Å²) in [6.07, 6.45) is 6.05. The van der Waals surface area contributed by atoms with Gasteiger partial charge in [0.2, 0.25) is 11.8 Å². The van der Waals surface area contributed by atoms with Crippen LogP contribution in [0.5, 0.6) is 0 Å². The molecule has 2 aliphatic heterocycles. The van der Waals surface area contributed by atoms with Crippen LogP contribution < -0.4 is 5.32 Å². The van der Waals surface area contributed by atoms with Crippen molar-refractivity contribution in [1.82, 2.24) is 20.1 Å². The van der Waals surface area contributed by atoms with Gasteiger partial charge in [-0.2, -0.15) is 0 Å². The van der Waals surface area contributed by atoms with Crippen LogP contribution in [0.15, 0.2) is 24.5 Å². The van der Waals surface area contributed by atoms with Gasteiger partial charge in [-0.15, -0.1) is 0 Å². The number of aromatic nitrogens is 1. The number of carbonyl (C=O) groups excluding carboxylic acids is 2. The predicted octanol–water partition coefficient (Wildman–Crippen LogP) is 1.42. The molecule has 0 aliphatic carbocycles. The number of nitrogens with zero attached hydrogens (tertiary/aromatic N) is 3. The zero-order valence-electron chi connectivity index (χ0n) is 15.2. The summed E-state index contributed by atoms with van der Waals surface area (Å²) in [5, 5.41) is 3.22. The molecule has 1 unspecified atom stereocenters. The Bertz CT molecular complexity index is 619. The van der Waals surface area contributed by atoms with E-state index in [1.165, 1.54) is 0 Å². The number of carbonyl (C=O) groups is 2. The van der Waals surface area contributed by atoms with Crippen LogP contribution in [-0.4, -0.2) is 58.3 Å². The normalized spacial score (nSPS) is 25.1. The minimum Gasteiger partial charge on any atom is -0.348 e. The zero-order chi connectivity index (χ0) is 17.9. The molecule has 1 N–H and O–H groups in total. The van der Waals surface area contributed by atoms with Crippen molar-refractivity contribution in [2.24, 2.45) is 5.92 Å². The summed E-state index contributed by atoms with van der Waals surface area (Å²) >= 11 is 0. The van der Waals surface area contributed by atoms with Gasteiger partial charge in [-0.1, -0.05) is 19.9 Å². The maximum atomic E-state index is 12.6. The van der Waals surface area contributed by atoms with Gasteiger partial charge in [-0.25, -0.2) is 0 Å². The van der Waals surface area contributed by atoms with Crippen molar-refractivity contribution in [2.75, 3.05) is 26.2 Å². The van der Waals surface area contributed by atoms with Gasteiger partial charge in [0.15, 0.2) is 0 Å². The molecule has 2 fully saturated rings. The zero-order valence-corrected chi connectivity index (χ0v) is 15.2. The van der Waals surface area contributed by atoms with Crippen molar-refractivity contribution in [3.05, 3.63) is 30.1 Å². The molecular formula is C19H28N4O2. The molecule has 0 bridgehead atoms. The van der Waals surface area contributed by atoms with Gasteiger partial charge in [0.05, 0.1) is 5.54 Å². The molecule has 136 valence electrons. The molecule has 1 aromatic heterocycles. The van der Waals surface area contributed by atoms with Crippen LogP contribution in [0, 0.1) is 5.92 Å². The molecule has 1 atom stereocenters. The van der Waals surface area contributed by atoms with Crippen LogP contribution in [0.2, 0.25) is 0 Å². The highest BCUT2D eigenvalue weighted by atomic mass is 16.2. The summed E-state index contributed by atoms with van der Waals surface area (Å²) in [4.78, 5) is 33.2. The average molecular weight is 344 g/mol. The molecular weight excluding hydrogens is 316 g/mol. The summed E-state index contributed by atoms with van der Waals surface area (Å²) in [6, 6.07) is 4.01. The number of hydrogen-bond acceptors (Lipinski definition) is 4. The maximum absolute atomic E-state index is 12.6. The Kier molecular flexibility index (Phi) is 5.37. The number of rotatable bonds is 3. The second-order valence-corrected chi connectivity index (χ2v) is 7.67. The monoisotopic (exact) mass is 344 g/mol. The van der Waals surface area contributed by atoms with E-state index in [2.05, 4.69) is 21.3 Å². The Hall–Kier alpha value is -1.95. The first-order valence-electron chi connectivity index (χ1n) is 9.18. The molecule has 1 spiro atoms. The van der Waals surface area contributed by atoms with Crippen LogP contribution in [0.1, 0.15) is 38.7 Å². The summed E-state index contributed by atoms with van der Waals surface area (Å²) in [5.41, 5.74) is 0.821. The smallest absolute Gasteiger partial charge is 0.225 e. The Morgan fingerprint density at radius 2 is 2.20 bits per heavy atom.